The molecule has 0 bridgehead atoms. The van der Waals surface area contributed by atoms with Gasteiger partial charge in [0.1, 0.15) is 0 Å². The largest absolute Gasteiger partial charge is 0.398 e. The van der Waals surface area contributed by atoms with E-state index in [0.29, 0.717) is 6.04 Å². The minimum Gasteiger partial charge on any atom is -0.398 e. The van der Waals surface area contributed by atoms with Crippen molar-refractivity contribution in [1.82, 2.24) is 4.90 Å². The molecule has 1 aromatic carbocycles. The van der Waals surface area contributed by atoms with Crippen LogP contribution < -0.4 is 5.73 Å². The predicted octanol–water partition coefficient (Wildman–Crippen LogP) is 3.69. The molecule has 0 spiro atoms. The second-order valence-corrected chi connectivity index (χ2v) is 5.49. The summed E-state index contributed by atoms with van der Waals surface area (Å²) in [5.41, 5.74) is 7.97. The van der Waals surface area contributed by atoms with Crippen LogP contribution in [-0.2, 0) is 6.54 Å². The average Bonchev–Trinajstić information content (AvgIpc) is 2.35. The second-order valence-electron chi connectivity index (χ2n) is 5.05. The summed E-state index contributed by atoms with van der Waals surface area (Å²) in [5.74, 6) is 0. The molecule has 0 amide bonds. The highest BCUT2D eigenvalue weighted by Crippen LogP contribution is 2.25. The summed E-state index contributed by atoms with van der Waals surface area (Å²) in [5, 5.41) is 0.770. The first kappa shape index (κ1) is 12.7. The third-order valence-corrected chi connectivity index (χ3v) is 3.96. The van der Waals surface area contributed by atoms with Gasteiger partial charge in [-0.3, -0.25) is 4.90 Å². The highest BCUT2D eigenvalue weighted by Gasteiger charge is 2.18. The quantitative estimate of drug-likeness (QED) is 0.832. The fraction of sp³-hybridized carbons (Fsp3) is 0.571. The van der Waals surface area contributed by atoms with Crippen LogP contribution >= 0.6 is 11.6 Å². The van der Waals surface area contributed by atoms with Crippen LogP contribution in [0.3, 0.4) is 0 Å². The Hall–Kier alpha value is -0.730. The molecule has 2 nitrogen and oxygen atoms in total. The molecule has 0 heterocycles. The van der Waals surface area contributed by atoms with E-state index in [-0.39, 0.29) is 0 Å². The Labute approximate surface area is 109 Å². The molecule has 1 fully saturated rings. The normalized spacial score (nSPS) is 17.6. The van der Waals surface area contributed by atoms with Crippen molar-refractivity contribution in [3.63, 3.8) is 0 Å². The lowest BCUT2D eigenvalue weighted by molar-refractivity contribution is 0.185. The highest BCUT2D eigenvalue weighted by molar-refractivity contribution is 6.30. The van der Waals surface area contributed by atoms with Crippen LogP contribution in [0.25, 0.3) is 0 Å². The van der Waals surface area contributed by atoms with Crippen LogP contribution in [0.5, 0.6) is 0 Å². The summed E-state index contributed by atoms with van der Waals surface area (Å²) >= 11 is 6.01. The summed E-state index contributed by atoms with van der Waals surface area (Å²) in [4.78, 5) is 2.42. The van der Waals surface area contributed by atoms with E-state index in [1.54, 1.807) is 0 Å². The Bertz CT molecular complexity index is 372. The third-order valence-electron chi connectivity index (χ3n) is 3.72. The molecule has 0 radical (unpaired) electrons. The van der Waals surface area contributed by atoms with Gasteiger partial charge in [-0.25, -0.2) is 0 Å². The Balaban J connectivity index is 2.01. The number of hydrogen-bond acceptors (Lipinski definition) is 2. The summed E-state index contributed by atoms with van der Waals surface area (Å²) in [7, 11) is 2.19. The van der Waals surface area contributed by atoms with Gasteiger partial charge in [-0.15, -0.1) is 0 Å². The van der Waals surface area contributed by atoms with Gasteiger partial charge in [0.05, 0.1) is 0 Å². The molecule has 0 unspecified atom stereocenters. The minimum atomic E-state index is 0.710. The Morgan fingerprint density at radius 1 is 1.29 bits per heavy atom. The molecule has 1 aliphatic rings. The molecule has 0 aromatic heterocycles. The maximum atomic E-state index is 6.01. The molecule has 0 aliphatic heterocycles. The minimum absolute atomic E-state index is 0.710. The van der Waals surface area contributed by atoms with Gasteiger partial charge in [-0.2, -0.15) is 0 Å². The molecule has 1 aliphatic carbocycles. The predicted molar refractivity (Wildman–Crippen MR) is 74.2 cm³/mol. The zero-order chi connectivity index (χ0) is 12.3. The zero-order valence-electron chi connectivity index (χ0n) is 10.5. The van der Waals surface area contributed by atoms with E-state index < -0.39 is 0 Å². The first-order valence-electron chi connectivity index (χ1n) is 6.41. The maximum absolute atomic E-state index is 6.01. The summed E-state index contributed by atoms with van der Waals surface area (Å²) in [6.07, 6.45) is 6.75. The molecule has 1 saturated carbocycles. The van der Waals surface area contributed by atoms with Gasteiger partial charge in [0.25, 0.3) is 0 Å². The SMILES string of the molecule is CN(Cc1cc(Cl)ccc1N)C1CCCCC1. The number of anilines is 1. The number of nitrogens with zero attached hydrogens (tertiary/aromatic N) is 1. The van der Waals surface area contributed by atoms with Crippen LogP contribution in [0, 0.1) is 0 Å². The lowest BCUT2D eigenvalue weighted by Gasteiger charge is -2.31. The van der Waals surface area contributed by atoms with Gasteiger partial charge in [-0.05, 0) is 43.7 Å². The van der Waals surface area contributed by atoms with Gasteiger partial charge >= 0.3 is 0 Å². The van der Waals surface area contributed by atoms with E-state index in [4.69, 9.17) is 17.3 Å². The molecular weight excluding hydrogens is 232 g/mol. The maximum Gasteiger partial charge on any atom is 0.0410 e. The molecule has 2 N–H and O–H groups in total. The van der Waals surface area contributed by atoms with Crippen LogP contribution in [-0.4, -0.2) is 18.0 Å². The standard InChI is InChI=1S/C14H21ClN2/c1-17(13-5-3-2-4-6-13)10-11-9-12(15)7-8-14(11)16/h7-9,13H,2-6,10,16H2,1H3. The van der Waals surface area contributed by atoms with Gasteiger partial charge in [0.15, 0.2) is 0 Å². The Morgan fingerprint density at radius 2 is 2.00 bits per heavy atom. The molecule has 3 heteroatoms. The van der Waals surface area contributed by atoms with Crippen molar-refractivity contribution in [3.05, 3.63) is 28.8 Å². The number of nitrogens with two attached hydrogens (primary N) is 1. The van der Waals surface area contributed by atoms with Crippen molar-refractivity contribution in [2.45, 2.75) is 44.7 Å². The van der Waals surface area contributed by atoms with Crippen molar-refractivity contribution in [3.8, 4) is 0 Å². The molecule has 0 saturated heterocycles. The zero-order valence-corrected chi connectivity index (χ0v) is 11.2. The van der Waals surface area contributed by atoms with Gasteiger partial charge in [0, 0.05) is 23.3 Å². The van der Waals surface area contributed by atoms with Gasteiger partial charge < -0.3 is 5.73 Å². The number of hydrogen-bond donors (Lipinski definition) is 1. The number of nitrogen functional groups attached to an aromatic ring is 1. The summed E-state index contributed by atoms with van der Waals surface area (Å²) < 4.78 is 0. The molecule has 17 heavy (non-hydrogen) atoms. The van der Waals surface area contributed by atoms with Crippen molar-refractivity contribution < 1.29 is 0 Å². The van der Waals surface area contributed by atoms with Gasteiger partial charge in [0.2, 0.25) is 0 Å². The second kappa shape index (κ2) is 5.74. The van der Waals surface area contributed by atoms with Crippen molar-refractivity contribution >= 4 is 17.3 Å². The Morgan fingerprint density at radius 3 is 2.71 bits per heavy atom. The molecule has 2 rings (SSSR count). The fourth-order valence-electron chi connectivity index (χ4n) is 2.63. The fourth-order valence-corrected chi connectivity index (χ4v) is 2.83. The van der Waals surface area contributed by atoms with Crippen molar-refractivity contribution in [2.24, 2.45) is 0 Å². The highest BCUT2D eigenvalue weighted by atomic mass is 35.5. The van der Waals surface area contributed by atoms with E-state index >= 15 is 0 Å². The summed E-state index contributed by atoms with van der Waals surface area (Å²) in [6.45, 7) is 0.900. The van der Waals surface area contributed by atoms with E-state index in [0.717, 1.165) is 22.8 Å². The monoisotopic (exact) mass is 252 g/mol. The average molecular weight is 253 g/mol. The topological polar surface area (TPSA) is 29.3 Å². The van der Waals surface area contributed by atoms with Crippen LogP contribution in [0.2, 0.25) is 5.02 Å². The summed E-state index contributed by atoms with van der Waals surface area (Å²) in [6, 6.07) is 6.44. The van der Waals surface area contributed by atoms with Crippen molar-refractivity contribution in [2.75, 3.05) is 12.8 Å². The first-order valence-corrected chi connectivity index (χ1v) is 6.79. The van der Waals surface area contributed by atoms with Crippen molar-refractivity contribution in [1.29, 1.82) is 0 Å². The van der Waals surface area contributed by atoms with Crippen LogP contribution in [0.1, 0.15) is 37.7 Å². The molecule has 0 atom stereocenters. The molecular formula is C14H21ClN2. The van der Waals surface area contributed by atoms with E-state index in [2.05, 4.69) is 11.9 Å². The van der Waals surface area contributed by atoms with E-state index in [9.17, 15) is 0 Å². The number of halogens is 1. The Kier molecular flexibility index (Phi) is 4.30. The van der Waals surface area contributed by atoms with Crippen LogP contribution in [0.15, 0.2) is 18.2 Å². The third kappa shape index (κ3) is 3.36. The lowest BCUT2D eigenvalue weighted by atomic mass is 9.94. The van der Waals surface area contributed by atoms with E-state index in [1.165, 1.54) is 32.1 Å². The number of rotatable bonds is 3. The molecule has 1 aromatic rings. The van der Waals surface area contributed by atoms with Gasteiger partial charge in [-0.1, -0.05) is 30.9 Å². The smallest absolute Gasteiger partial charge is 0.0410 e. The first-order chi connectivity index (χ1) is 8.16. The van der Waals surface area contributed by atoms with Crippen LogP contribution in [0.4, 0.5) is 5.69 Å². The van der Waals surface area contributed by atoms with E-state index in [1.807, 2.05) is 18.2 Å². The lowest BCUT2D eigenvalue weighted by Crippen LogP contribution is -2.33. The molecule has 94 valence electrons. The number of benzene rings is 1.